The van der Waals surface area contributed by atoms with Gasteiger partial charge in [-0.15, -0.1) is 0 Å². The Morgan fingerprint density at radius 1 is 1.33 bits per heavy atom. The van der Waals surface area contributed by atoms with E-state index in [1.165, 1.54) is 11.1 Å². The molecule has 1 aromatic rings. The molecule has 1 aliphatic heterocycles. The fraction of sp³-hybridized carbons (Fsp3) is 0.600. The van der Waals surface area contributed by atoms with Gasteiger partial charge in [-0.2, -0.15) is 0 Å². The smallest absolute Gasteiger partial charge is 0.120 e. The lowest BCUT2D eigenvalue weighted by Crippen LogP contribution is -2.29. The van der Waals surface area contributed by atoms with Crippen molar-refractivity contribution < 1.29 is 5.11 Å². The summed E-state index contributed by atoms with van der Waals surface area (Å²) >= 11 is 0. The molecule has 0 saturated carbocycles. The summed E-state index contributed by atoms with van der Waals surface area (Å²) in [6, 6.07) is 4.54. The van der Waals surface area contributed by atoms with Gasteiger partial charge in [-0.25, -0.2) is 0 Å². The molecular weight excluding hydrogens is 224 g/mol. The van der Waals surface area contributed by atoms with E-state index in [1.807, 2.05) is 12.1 Å². The lowest BCUT2D eigenvalue weighted by Gasteiger charge is -2.25. The zero-order valence-electron chi connectivity index (χ0n) is 11.2. The van der Waals surface area contributed by atoms with E-state index in [2.05, 4.69) is 18.7 Å². The maximum Gasteiger partial charge on any atom is 0.120 e. The van der Waals surface area contributed by atoms with Crippen molar-refractivity contribution in [1.82, 2.24) is 4.90 Å². The standard InChI is InChI=1S/C15H22N2O/c1-9-3-4-13(18)15-12(7-10(2)14(9)15)17-6-5-11(16)8-17/h3-4,10-12,18H,5-8,16H2,1-2H3. The number of hydrogen-bond acceptors (Lipinski definition) is 3. The average Bonchev–Trinajstić information content (AvgIpc) is 2.89. The predicted molar refractivity (Wildman–Crippen MR) is 72.8 cm³/mol. The molecule has 0 amide bonds. The highest BCUT2D eigenvalue weighted by atomic mass is 16.3. The van der Waals surface area contributed by atoms with Crippen molar-refractivity contribution in [2.75, 3.05) is 13.1 Å². The first-order valence-electron chi connectivity index (χ1n) is 6.90. The lowest BCUT2D eigenvalue weighted by molar-refractivity contribution is 0.233. The molecule has 3 N–H and O–H groups in total. The molecule has 1 fully saturated rings. The van der Waals surface area contributed by atoms with E-state index >= 15 is 0 Å². The van der Waals surface area contributed by atoms with Crippen molar-refractivity contribution in [2.45, 2.75) is 44.7 Å². The summed E-state index contributed by atoms with van der Waals surface area (Å²) in [6.07, 6.45) is 2.19. The molecule has 3 heteroatoms. The number of phenolic OH excluding ortho intramolecular Hbond substituents is 1. The van der Waals surface area contributed by atoms with E-state index in [0.717, 1.165) is 31.5 Å². The van der Waals surface area contributed by atoms with Gasteiger partial charge in [-0.1, -0.05) is 13.0 Å². The Morgan fingerprint density at radius 2 is 2.11 bits per heavy atom. The molecular formula is C15H22N2O. The van der Waals surface area contributed by atoms with Gasteiger partial charge in [0.05, 0.1) is 0 Å². The number of rotatable bonds is 1. The summed E-state index contributed by atoms with van der Waals surface area (Å²) in [6.45, 7) is 6.43. The van der Waals surface area contributed by atoms with Crippen LogP contribution in [0.15, 0.2) is 12.1 Å². The second-order valence-corrected chi connectivity index (χ2v) is 5.93. The Balaban J connectivity index is 2.00. The third-order valence-corrected chi connectivity index (χ3v) is 4.58. The first kappa shape index (κ1) is 12.0. The minimum atomic E-state index is 0.302. The molecule has 3 atom stereocenters. The summed E-state index contributed by atoms with van der Waals surface area (Å²) in [7, 11) is 0. The Hall–Kier alpha value is -1.06. The van der Waals surface area contributed by atoms with Crippen LogP contribution in [0, 0.1) is 6.92 Å². The topological polar surface area (TPSA) is 49.5 Å². The van der Waals surface area contributed by atoms with Crippen molar-refractivity contribution in [3.05, 3.63) is 28.8 Å². The van der Waals surface area contributed by atoms with Crippen LogP contribution in [0.25, 0.3) is 0 Å². The number of nitrogens with two attached hydrogens (primary N) is 1. The van der Waals surface area contributed by atoms with E-state index in [4.69, 9.17) is 5.73 Å². The molecule has 1 heterocycles. The number of aromatic hydroxyl groups is 1. The molecule has 1 saturated heterocycles. The van der Waals surface area contributed by atoms with Crippen LogP contribution in [0.3, 0.4) is 0 Å². The molecule has 0 radical (unpaired) electrons. The highest BCUT2D eigenvalue weighted by molar-refractivity contribution is 5.51. The molecule has 0 bridgehead atoms. The SMILES string of the molecule is Cc1ccc(O)c2c1C(C)CC2N1CCC(N)C1. The normalized spacial score (nSPS) is 31.8. The van der Waals surface area contributed by atoms with Gasteiger partial charge >= 0.3 is 0 Å². The maximum absolute atomic E-state index is 10.2. The minimum absolute atomic E-state index is 0.302. The van der Waals surface area contributed by atoms with Crippen LogP contribution in [0.4, 0.5) is 0 Å². The summed E-state index contributed by atoms with van der Waals surface area (Å²) in [4.78, 5) is 2.45. The highest BCUT2D eigenvalue weighted by Gasteiger charge is 2.37. The van der Waals surface area contributed by atoms with Gasteiger partial charge in [0.15, 0.2) is 0 Å². The van der Waals surface area contributed by atoms with Crippen molar-refractivity contribution in [1.29, 1.82) is 0 Å². The van der Waals surface area contributed by atoms with Crippen LogP contribution < -0.4 is 5.73 Å². The van der Waals surface area contributed by atoms with Crippen molar-refractivity contribution >= 4 is 0 Å². The number of fused-ring (bicyclic) bond motifs is 1. The van der Waals surface area contributed by atoms with Crippen LogP contribution in [0.5, 0.6) is 5.75 Å². The van der Waals surface area contributed by atoms with Gasteiger partial charge in [0.2, 0.25) is 0 Å². The highest BCUT2D eigenvalue weighted by Crippen LogP contribution is 2.49. The number of aryl methyl sites for hydroxylation is 1. The second kappa shape index (κ2) is 4.25. The Kier molecular flexibility index (Phi) is 2.83. The van der Waals surface area contributed by atoms with Gasteiger partial charge in [0.25, 0.3) is 0 Å². The van der Waals surface area contributed by atoms with Crippen molar-refractivity contribution in [3.8, 4) is 5.75 Å². The Labute approximate surface area is 109 Å². The van der Waals surface area contributed by atoms with E-state index < -0.39 is 0 Å². The van der Waals surface area contributed by atoms with Crippen molar-refractivity contribution in [3.63, 3.8) is 0 Å². The number of benzene rings is 1. The third kappa shape index (κ3) is 1.73. The van der Waals surface area contributed by atoms with Gasteiger partial charge in [-0.05, 0) is 42.9 Å². The summed E-state index contributed by atoms with van der Waals surface area (Å²) in [5.74, 6) is 0.999. The molecule has 3 rings (SSSR count). The van der Waals surface area contributed by atoms with Gasteiger partial charge in [0.1, 0.15) is 5.75 Å². The largest absolute Gasteiger partial charge is 0.508 e. The molecule has 98 valence electrons. The Bertz CT molecular complexity index is 472. The first-order chi connectivity index (χ1) is 8.58. The van der Waals surface area contributed by atoms with E-state index in [9.17, 15) is 5.11 Å². The molecule has 1 aliphatic carbocycles. The lowest BCUT2D eigenvalue weighted by atomic mass is 9.97. The Morgan fingerprint density at radius 3 is 2.78 bits per heavy atom. The van der Waals surface area contributed by atoms with Crippen LogP contribution >= 0.6 is 0 Å². The molecule has 3 nitrogen and oxygen atoms in total. The predicted octanol–water partition coefficient (Wildman–Crippen LogP) is 2.28. The van der Waals surface area contributed by atoms with Gasteiger partial charge in [0, 0.05) is 30.7 Å². The zero-order chi connectivity index (χ0) is 12.9. The van der Waals surface area contributed by atoms with Crippen molar-refractivity contribution in [2.24, 2.45) is 5.73 Å². The van der Waals surface area contributed by atoms with E-state index in [0.29, 0.717) is 23.8 Å². The van der Waals surface area contributed by atoms with E-state index in [1.54, 1.807) is 0 Å². The summed E-state index contributed by atoms with van der Waals surface area (Å²) in [5, 5.41) is 10.2. The fourth-order valence-electron chi connectivity index (χ4n) is 3.74. The van der Waals surface area contributed by atoms with Crippen LogP contribution in [0.1, 0.15) is 48.4 Å². The number of nitrogens with zero attached hydrogens (tertiary/aromatic N) is 1. The van der Waals surface area contributed by atoms with Crippen LogP contribution in [-0.4, -0.2) is 29.1 Å². The maximum atomic E-state index is 10.2. The second-order valence-electron chi connectivity index (χ2n) is 5.93. The number of hydrogen-bond donors (Lipinski definition) is 2. The zero-order valence-corrected chi connectivity index (χ0v) is 11.2. The quantitative estimate of drug-likeness (QED) is 0.799. The molecule has 2 aliphatic rings. The minimum Gasteiger partial charge on any atom is -0.508 e. The number of likely N-dealkylation sites (tertiary alicyclic amines) is 1. The molecule has 3 unspecified atom stereocenters. The van der Waals surface area contributed by atoms with Gasteiger partial charge in [-0.3, -0.25) is 4.90 Å². The fourth-order valence-corrected chi connectivity index (χ4v) is 3.74. The van der Waals surface area contributed by atoms with Gasteiger partial charge < -0.3 is 10.8 Å². The first-order valence-corrected chi connectivity index (χ1v) is 6.90. The summed E-state index contributed by atoms with van der Waals surface area (Å²) in [5.41, 5.74) is 9.84. The van der Waals surface area contributed by atoms with Crippen LogP contribution in [-0.2, 0) is 0 Å². The number of phenols is 1. The molecule has 1 aromatic carbocycles. The van der Waals surface area contributed by atoms with Crippen LogP contribution in [0.2, 0.25) is 0 Å². The summed E-state index contributed by atoms with van der Waals surface area (Å²) < 4.78 is 0. The average molecular weight is 246 g/mol. The third-order valence-electron chi connectivity index (χ3n) is 4.58. The molecule has 18 heavy (non-hydrogen) atoms. The molecule has 0 spiro atoms. The molecule has 0 aromatic heterocycles. The monoisotopic (exact) mass is 246 g/mol. The van der Waals surface area contributed by atoms with E-state index in [-0.39, 0.29) is 0 Å².